The topological polar surface area (TPSA) is 125 Å². The molecule has 4 aromatic rings. The Morgan fingerprint density at radius 1 is 1.29 bits per heavy atom. The van der Waals surface area contributed by atoms with Crippen LogP contribution in [0.3, 0.4) is 0 Å². The number of ether oxygens (including phenoxy) is 1. The molecule has 0 aliphatic rings. The van der Waals surface area contributed by atoms with E-state index < -0.39 is 15.8 Å². The van der Waals surface area contributed by atoms with E-state index in [-0.39, 0.29) is 6.42 Å². The largest absolute Gasteiger partial charge is 0.429 e. The molecule has 0 saturated heterocycles. The number of hydrogen-bond donors (Lipinski definition) is 2. The SMILES string of the molecule is Cc1c(Cc2cccc(NS(N)(=O)=O)c2)c(=O)oc2cc(Oc3nccs3)c(Cl)cc12. The summed E-state index contributed by atoms with van der Waals surface area (Å²) in [4.78, 5) is 16.8. The number of nitrogens with one attached hydrogen (secondary N) is 1. The Labute approximate surface area is 186 Å². The lowest BCUT2D eigenvalue weighted by molar-refractivity contribution is 0.476. The molecule has 31 heavy (non-hydrogen) atoms. The molecule has 0 atom stereocenters. The number of fused-ring (bicyclic) bond motifs is 1. The fourth-order valence-electron chi connectivity index (χ4n) is 3.14. The molecule has 0 bridgehead atoms. The number of nitrogens with two attached hydrogens (primary N) is 1. The number of thiazole rings is 1. The number of halogens is 1. The van der Waals surface area contributed by atoms with Gasteiger partial charge in [-0.25, -0.2) is 14.9 Å². The highest BCUT2D eigenvalue weighted by atomic mass is 35.5. The summed E-state index contributed by atoms with van der Waals surface area (Å²) >= 11 is 7.69. The zero-order chi connectivity index (χ0) is 22.2. The first-order valence-corrected chi connectivity index (χ1v) is 11.7. The van der Waals surface area contributed by atoms with Gasteiger partial charge in [0.25, 0.3) is 15.4 Å². The quantitative estimate of drug-likeness (QED) is 0.401. The lowest BCUT2D eigenvalue weighted by atomic mass is 9.99. The standard InChI is InChI=1S/C20H16ClN3O5S2/c1-11-14-9-16(21)18(29-20-23-5-6-30-20)10-17(14)28-19(25)15(11)8-12-3-2-4-13(7-12)24-31(22,26)27/h2-7,9-10,24H,8H2,1H3,(H2,22,26,27). The molecule has 0 aliphatic heterocycles. The van der Waals surface area contributed by atoms with Gasteiger partial charge in [0.1, 0.15) is 5.58 Å². The summed E-state index contributed by atoms with van der Waals surface area (Å²) in [6, 6.07) is 9.85. The van der Waals surface area contributed by atoms with Gasteiger partial charge in [0.15, 0.2) is 5.75 Å². The molecule has 160 valence electrons. The first-order valence-electron chi connectivity index (χ1n) is 8.92. The highest BCUT2D eigenvalue weighted by molar-refractivity contribution is 7.90. The van der Waals surface area contributed by atoms with E-state index in [9.17, 15) is 13.2 Å². The van der Waals surface area contributed by atoms with Crippen LogP contribution in [0.2, 0.25) is 5.02 Å². The second-order valence-corrected chi connectivity index (χ2v) is 9.25. The number of hydrogen-bond acceptors (Lipinski definition) is 7. The second kappa shape index (κ2) is 8.31. The highest BCUT2D eigenvalue weighted by Gasteiger charge is 2.16. The van der Waals surface area contributed by atoms with Crippen LogP contribution in [0.5, 0.6) is 10.9 Å². The summed E-state index contributed by atoms with van der Waals surface area (Å²) in [6.45, 7) is 1.80. The minimum absolute atomic E-state index is 0.235. The van der Waals surface area contributed by atoms with E-state index in [2.05, 4.69) is 9.71 Å². The molecule has 11 heteroatoms. The van der Waals surface area contributed by atoms with Gasteiger partial charge in [-0.05, 0) is 36.2 Å². The molecule has 2 aromatic heterocycles. The predicted octanol–water partition coefficient (Wildman–Crippen LogP) is 4.21. The molecule has 0 amide bonds. The van der Waals surface area contributed by atoms with Crippen LogP contribution in [0.25, 0.3) is 11.0 Å². The third kappa shape index (κ3) is 4.88. The molecule has 4 rings (SSSR count). The van der Waals surface area contributed by atoms with Crippen molar-refractivity contribution in [2.24, 2.45) is 5.14 Å². The smallest absolute Gasteiger partial charge is 0.340 e. The van der Waals surface area contributed by atoms with E-state index in [1.165, 1.54) is 11.3 Å². The predicted molar refractivity (Wildman–Crippen MR) is 120 cm³/mol. The van der Waals surface area contributed by atoms with Gasteiger partial charge in [-0.2, -0.15) is 8.42 Å². The number of anilines is 1. The average molecular weight is 478 g/mol. The zero-order valence-electron chi connectivity index (χ0n) is 16.1. The summed E-state index contributed by atoms with van der Waals surface area (Å²) in [5, 5.41) is 8.24. The van der Waals surface area contributed by atoms with Crippen LogP contribution in [0.1, 0.15) is 16.7 Å². The van der Waals surface area contributed by atoms with Crippen molar-refractivity contribution in [1.82, 2.24) is 4.98 Å². The van der Waals surface area contributed by atoms with E-state index >= 15 is 0 Å². The van der Waals surface area contributed by atoms with Crippen molar-refractivity contribution in [2.45, 2.75) is 13.3 Å². The van der Waals surface area contributed by atoms with Gasteiger partial charge in [0.2, 0.25) is 0 Å². The van der Waals surface area contributed by atoms with Crippen LogP contribution in [0.15, 0.2) is 57.2 Å². The van der Waals surface area contributed by atoms with Gasteiger partial charge >= 0.3 is 5.63 Å². The summed E-state index contributed by atoms with van der Waals surface area (Å²) in [7, 11) is -3.90. The Kier molecular flexibility index (Phi) is 5.71. The molecule has 0 spiro atoms. The number of rotatable bonds is 6. The first-order chi connectivity index (χ1) is 14.7. The summed E-state index contributed by atoms with van der Waals surface area (Å²) in [5.41, 5.74) is 1.99. The molecule has 0 radical (unpaired) electrons. The molecular formula is C20H16ClN3O5S2. The molecule has 0 saturated carbocycles. The van der Waals surface area contributed by atoms with Gasteiger partial charge in [0.05, 0.1) is 10.7 Å². The molecular weight excluding hydrogens is 462 g/mol. The van der Waals surface area contributed by atoms with Crippen molar-refractivity contribution >= 4 is 49.8 Å². The van der Waals surface area contributed by atoms with Crippen molar-refractivity contribution in [2.75, 3.05) is 4.72 Å². The second-order valence-electron chi connectivity index (χ2n) is 6.70. The molecule has 0 unspecified atom stereocenters. The van der Waals surface area contributed by atoms with E-state index in [0.29, 0.717) is 49.3 Å². The average Bonchev–Trinajstić information content (AvgIpc) is 3.19. The normalized spacial score (nSPS) is 11.6. The zero-order valence-corrected chi connectivity index (χ0v) is 18.5. The van der Waals surface area contributed by atoms with Crippen LogP contribution in [0, 0.1) is 6.92 Å². The minimum Gasteiger partial charge on any atom is -0.429 e. The minimum atomic E-state index is -3.90. The van der Waals surface area contributed by atoms with Gasteiger partial charge in [-0.1, -0.05) is 35.1 Å². The van der Waals surface area contributed by atoms with Crippen LogP contribution >= 0.6 is 22.9 Å². The van der Waals surface area contributed by atoms with E-state index in [4.69, 9.17) is 25.9 Å². The van der Waals surface area contributed by atoms with Crippen molar-refractivity contribution in [3.05, 3.63) is 80.1 Å². The Balaban J connectivity index is 1.71. The third-order valence-electron chi connectivity index (χ3n) is 4.51. The van der Waals surface area contributed by atoms with Crippen LogP contribution in [-0.4, -0.2) is 13.4 Å². The molecule has 0 aliphatic carbocycles. The number of aromatic nitrogens is 1. The maximum atomic E-state index is 12.7. The maximum Gasteiger partial charge on any atom is 0.340 e. The summed E-state index contributed by atoms with van der Waals surface area (Å²) in [6.07, 6.45) is 1.85. The van der Waals surface area contributed by atoms with Crippen molar-refractivity contribution in [3.63, 3.8) is 0 Å². The fourth-order valence-corrected chi connectivity index (χ4v) is 4.30. The van der Waals surface area contributed by atoms with Crippen molar-refractivity contribution in [1.29, 1.82) is 0 Å². The van der Waals surface area contributed by atoms with E-state index in [1.807, 2.05) is 0 Å². The summed E-state index contributed by atoms with van der Waals surface area (Å²) in [5.74, 6) is 0.334. The molecule has 3 N–H and O–H groups in total. The van der Waals surface area contributed by atoms with Crippen LogP contribution in [-0.2, 0) is 16.6 Å². The fraction of sp³-hybridized carbons (Fsp3) is 0.100. The molecule has 8 nitrogen and oxygen atoms in total. The molecule has 0 fully saturated rings. The Morgan fingerprint density at radius 2 is 2.10 bits per heavy atom. The highest BCUT2D eigenvalue weighted by Crippen LogP contribution is 2.35. The lowest BCUT2D eigenvalue weighted by Crippen LogP contribution is -2.21. The van der Waals surface area contributed by atoms with Crippen molar-refractivity contribution in [3.8, 4) is 10.9 Å². The first kappa shape index (κ1) is 21.3. The third-order valence-corrected chi connectivity index (χ3v) is 5.98. The van der Waals surface area contributed by atoms with Crippen LogP contribution < -0.4 is 20.2 Å². The van der Waals surface area contributed by atoms with E-state index in [0.717, 1.165) is 0 Å². The maximum absolute atomic E-state index is 12.7. The Bertz CT molecular complexity index is 1430. The molecule has 2 heterocycles. The number of aryl methyl sites for hydroxylation is 1. The van der Waals surface area contributed by atoms with Gasteiger partial charge in [0, 0.05) is 35.0 Å². The van der Waals surface area contributed by atoms with Gasteiger partial charge < -0.3 is 9.15 Å². The van der Waals surface area contributed by atoms with Gasteiger partial charge in [-0.3, -0.25) is 4.72 Å². The number of nitrogens with zero attached hydrogens (tertiary/aromatic N) is 1. The van der Waals surface area contributed by atoms with Gasteiger partial charge in [-0.15, -0.1) is 0 Å². The monoisotopic (exact) mass is 477 g/mol. The molecule has 2 aromatic carbocycles. The van der Waals surface area contributed by atoms with Crippen molar-refractivity contribution < 1.29 is 17.6 Å². The van der Waals surface area contributed by atoms with E-state index in [1.54, 1.807) is 54.9 Å². The Morgan fingerprint density at radius 3 is 2.81 bits per heavy atom. The summed E-state index contributed by atoms with van der Waals surface area (Å²) < 4.78 is 35.9. The van der Waals surface area contributed by atoms with Crippen LogP contribution in [0.4, 0.5) is 5.69 Å². The Hall–Kier alpha value is -2.92. The lowest BCUT2D eigenvalue weighted by Gasteiger charge is -2.11. The number of benzene rings is 2.